The molecule has 0 aliphatic rings. The molecule has 0 amide bonds. The summed E-state index contributed by atoms with van der Waals surface area (Å²) in [5.74, 6) is -0.253. The molecule has 4 heteroatoms. The Bertz CT molecular complexity index is 440. The predicted octanol–water partition coefficient (Wildman–Crippen LogP) is 2.73. The van der Waals surface area contributed by atoms with E-state index in [1.807, 2.05) is 6.92 Å². The van der Waals surface area contributed by atoms with Crippen molar-refractivity contribution in [1.82, 2.24) is 5.16 Å². The zero-order valence-electron chi connectivity index (χ0n) is 8.33. The molecular formula is C11H11FN2O. The van der Waals surface area contributed by atoms with Gasteiger partial charge in [-0.2, -0.15) is 0 Å². The van der Waals surface area contributed by atoms with Gasteiger partial charge in [-0.05, 0) is 24.6 Å². The molecule has 0 atom stereocenters. The quantitative estimate of drug-likeness (QED) is 0.839. The average molecular weight is 206 g/mol. The number of halogens is 1. The molecule has 3 nitrogen and oxygen atoms in total. The minimum atomic E-state index is -0.253. The summed E-state index contributed by atoms with van der Waals surface area (Å²) < 4.78 is 18.0. The summed E-state index contributed by atoms with van der Waals surface area (Å²) in [5.41, 5.74) is 2.40. The second-order valence-electron chi connectivity index (χ2n) is 3.37. The smallest absolute Gasteiger partial charge is 0.146 e. The number of rotatable bonds is 3. The van der Waals surface area contributed by atoms with Gasteiger partial charge >= 0.3 is 0 Å². The van der Waals surface area contributed by atoms with Crippen molar-refractivity contribution in [2.75, 3.05) is 5.32 Å². The molecule has 0 aliphatic heterocycles. The monoisotopic (exact) mass is 206 g/mol. The van der Waals surface area contributed by atoms with Crippen molar-refractivity contribution in [3.63, 3.8) is 0 Å². The highest BCUT2D eigenvalue weighted by Crippen LogP contribution is 2.16. The highest BCUT2D eigenvalue weighted by molar-refractivity contribution is 5.47. The van der Waals surface area contributed by atoms with E-state index in [0.29, 0.717) is 12.2 Å². The number of anilines is 1. The van der Waals surface area contributed by atoms with Crippen LogP contribution in [0.25, 0.3) is 0 Å². The van der Waals surface area contributed by atoms with E-state index in [1.165, 1.54) is 12.3 Å². The molecule has 1 N–H and O–H groups in total. The molecule has 0 radical (unpaired) electrons. The third-order valence-corrected chi connectivity index (χ3v) is 2.09. The molecule has 0 unspecified atom stereocenters. The van der Waals surface area contributed by atoms with Gasteiger partial charge in [-0.15, -0.1) is 0 Å². The van der Waals surface area contributed by atoms with Crippen molar-refractivity contribution in [2.45, 2.75) is 13.5 Å². The number of hydrogen-bond donors (Lipinski definition) is 1. The predicted molar refractivity (Wildman–Crippen MR) is 55.0 cm³/mol. The molecule has 0 bridgehead atoms. The second-order valence-corrected chi connectivity index (χ2v) is 3.37. The molecule has 2 rings (SSSR count). The standard InChI is InChI=1S/C11H11FN2O/c1-8-2-3-10(12)11(4-8)13-5-9-6-14-15-7-9/h2-4,6-7,13H,5H2,1H3. The molecule has 0 fully saturated rings. The molecule has 1 aromatic carbocycles. The average Bonchev–Trinajstić information content (AvgIpc) is 2.72. The normalized spacial score (nSPS) is 10.3. The van der Waals surface area contributed by atoms with Gasteiger partial charge in [0.25, 0.3) is 0 Å². The van der Waals surface area contributed by atoms with Crippen molar-refractivity contribution in [2.24, 2.45) is 0 Å². The number of nitrogens with one attached hydrogen (secondary N) is 1. The molecule has 78 valence electrons. The first-order valence-corrected chi connectivity index (χ1v) is 4.64. The van der Waals surface area contributed by atoms with Crippen LogP contribution in [0.15, 0.2) is 35.2 Å². The molecule has 0 saturated heterocycles. The van der Waals surface area contributed by atoms with Crippen molar-refractivity contribution in [3.05, 3.63) is 47.6 Å². The number of benzene rings is 1. The summed E-state index contributed by atoms with van der Waals surface area (Å²) >= 11 is 0. The van der Waals surface area contributed by atoms with Gasteiger partial charge in [0.2, 0.25) is 0 Å². The first kappa shape index (κ1) is 9.71. The molecule has 0 spiro atoms. The minimum Gasteiger partial charge on any atom is -0.378 e. The van der Waals surface area contributed by atoms with Crippen molar-refractivity contribution >= 4 is 5.69 Å². The Hall–Kier alpha value is -1.84. The summed E-state index contributed by atoms with van der Waals surface area (Å²) in [6, 6.07) is 4.95. The van der Waals surface area contributed by atoms with Crippen LogP contribution in [0.2, 0.25) is 0 Å². The van der Waals surface area contributed by atoms with Gasteiger partial charge in [0.05, 0.1) is 11.9 Å². The van der Waals surface area contributed by atoms with E-state index in [4.69, 9.17) is 0 Å². The largest absolute Gasteiger partial charge is 0.378 e. The van der Waals surface area contributed by atoms with E-state index in [9.17, 15) is 4.39 Å². The molecule has 0 saturated carbocycles. The van der Waals surface area contributed by atoms with Gasteiger partial charge < -0.3 is 9.84 Å². The van der Waals surface area contributed by atoms with Crippen LogP contribution in [0.5, 0.6) is 0 Å². The summed E-state index contributed by atoms with van der Waals surface area (Å²) in [6.07, 6.45) is 3.13. The summed E-state index contributed by atoms with van der Waals surface area (Å²) in [7, 11) is 0. The molecule has 1 heterocycles. The summed E-state index contributed by atoms with van der Waals surface area (Å²) in [5, 5.41) is 6.55. The van der Waals surface area contributed by atoms with Gasteiger partial charge in [0.1, 0.15) is 12.1 Å². The molecule has 0 aliphatic carbocycles. The van der Waals surface area contributed by atoms with Crippen LogP contribution in [-0.4, -0.2) is 5.16 Å². The van der Waals surface area contributed by atoms with Crippen LogP contribution < -0.4 is 5.32 Å². The van der Waals surface area contributed by atoms with E-state index in [-0.39, 0.29) is 5.82 Å². The highest BCUT2D eigenvalue weighted by atomic mass is 19.1. The Labute approximate surface area is 86.9 Å². The van der Waals surface area contributed by atoms with Crippen LogP contribution in [0.1, 0.15) is 11.1 Å². The summed E-state index contributed by atoms with van der Waals surface area (Å²) in [6.45, 7) is 2.42. The maximum Gasteiger partial charge on any atom is 0.146 e. The Morgan fingerprint density at radius 2 is 2.33 bits per heavy atom. The lowest BCUT2D eigenvalue weighted by molar-refractivity contribution is 0.419. The second kappa shape index (κ2) is 4.13. The third kappa shape index (κ3) is 2.34. The zero-order chi connectivity index (χ0) is 10.7. The fourth-order valence-corrected chi connectivity index (χ4v) is 1.29. The fourth-order valence-electron chi connectivity index (χ4n) is 1.29. The van der Waals surface area contributed by atoms with Crippen LogP contribution >= 0.6 is 0 Å². The van der Waals surface area contributed by atoms with Crippen LogP contribution in [0.4, 0.5) is 10.1 Å². The molecule has 2 aromatic rings. The topological polar surface area (TPSA) is 38.1 Å². The molecule has 15 heavy (non-hydrogen) atoms. The van der Waals surface area contributed by atoms with Crippen molar-refractivity contribution in [3.8, 4) is 0 Å². The van der Waals surface area contributed by atoms with E-state index >= 15 is 0 Å². The first-order valence-electron chi connectivity index (χ1n) is 4.64. The minimum absolute atomic E-state index is 0.253. The number of nitrogens with zero attached hydrogens (tertiary/aromatic N) is 1. The van der Waals surface area contributed by atoms with E-state index in [2.05, 4.69) is 15.0 Å². The molecular weight excluding hydrogens is 195 g/mol. The first-order chi connectivity index (χ1) is 7.25. The van der Waals surface area contributed by atoms with Crippen LogP contribution in [0.3, 0.4) is 0 Å². The lowest BCUT2D eigenvalue weighted by atomic mass is 10.2. The van der Waals surface area contributed by atoms with Gasteiger partial charge in [-0.3, -0.25) is 0 Å². The lowest BCUT2D eigenvalue weighted by Crippen LogP contribution is -2.00. The Kier molecular flexibility index (Phi) is 2.67. The van der Waals surface area contributed by atoms with E-state index in [1.54, 1.807) is 18.3 Å². The zero-order valence-corrected chi connectivity index (χ0v) is 8.33. The van der Waals surface area contributed by atoms with Crippen molar-refractivity contribution in [1.29, 1.82) is 0 Å². The number of hydrogen-bond acceptors (Lipinski definition) is 3. The summed E-state index contributed by atoms with van der Waals surface area (Å²) in [4.78, 5) is 0. The molecule has 1 aromatic heterocycles. The van der Waals surface area contributed by atoms with E-state index in [0.717, 1.165) is 11.1 Å². The third-order valence-electron chi connectivity index (χ3n) is 2.09. The highest BCUT2D eigenvalue weighted by Gasteiger charge is 2.02. The maximum absolute atomic E-state index is 13.3. The lowest BCUT2D eigenvalue weighted by Gasteiger charge is -2.06. The Balaban J connectivity index is 2.07. The SMILES string of the molecule is Cc1ccc(F)c(NCc2cnoc2)c1. The van der Waals surface area contributed by atoms with Crippen LogP contribution in [0, 0.1) is 12.7 Å². The van der Waals surface area contributed by atoms with Crippen molar-refractivity contribution < 1.29 is 8.91 Å². The van der Waals surface area contributed by atoms with Gasteiger partial charge in [0.15, 0.2) is 0 Å². The Morgan fingerprint density at radius 3 is 3.07 bits per heavy atom. The number of aryl methyl sites for hydroxylation is 1. The van der Waals surface area contributed by atoms with Crippen LogP contribution in [-0.2, 0) is 6.54 Å². The van der Waals surface area contributed by atoms with Gasteiger partial charge in [-0.1, -0.05) is 11.2 Å². The van der Waals surface area contributed by atoms with E-state index < -0.39 is 0 Å². The van der Waals surface area contributed by atoms with Gasteiger partial charge in [-0.25, -0.2) is 4.39 Å². The van der Waals surface area contributed by atoms with Gasteiger partial charge in [0, 0.05) is 12.1 Å². The number of aromatic nitrogens is 1. The maximum atomic E-state index is 13.3. The fraction of sp³-hybridized carbons (Fsp3) is 0.182. The Morgan fingerprint density at radius 1 is 1.47 bits per heavy atom.